The number of nitrogen functional groups attached to an aromatic ring is 1. The van der Waals surface area contributed by atoms with Crippen molar-refractivity contribution < 1.29 is 0 Å². The number of amidine groups is 1. The normalized spacial score (nSPS) is 10.7. The van der Waals surface area contributed by atoms with E-state index < -0.39 is 0 Å². The van der Waals surface area contributed by atoms with Crippen LogP contribution in [-0.2, 0) is 6.54 Å². The number of aromatic nitrogens is 2. The van der Waals surface area contributed by atoms with Crippen molar-refractivity contribution in [2.45, 2.75) is 6.54 Å². The highest BCUT2D eigenvalue weighted by molar-refractivity contribution is 6.36. The fraction of sp³-hybridized carbons (Fsp3) is 0.0588. The first-order valence-corrected chi connectivity index (χ1v) is 7.70. The molecule has 0 aliphatic rings. The lowest BCUT2D eigenvalue weighted by Gasteiger charge is -2.10. The van der Waals surface area contributed by atoms with Crippen LogP contribution in [0.3, 0.4) is 0 Å². The average molecular weight is 345 g/mol. The summed E-state index contributed by atoms with van der Waals surface area (Å²) in [6, 6.07) is 12.9. The van der Waals surface area contributed by atoms with Gasteiger partial charge in [0.2, 0.25) is 0 Å². The fourth-order valence-electron chi connectivity index (χ4n) is 2.39. The predicted molar refractivity (Wildman–Crippen MR) is 94.2 cm³/mol. The van der Waals surface area contributed by atoms with Gasteiger partial charge >= 0.3 is 0 Å². The first kappa shape index (κ1) is 15.6. The highest BCUT2D eigenvalue weighted by Crippen LogP contribution is 2.29. The van der Waals surface area contributed by atoms with Crippen LogP contribution in [0.15, 0.2) is 54.9 Å². The summed E-state index contributed by atoms with van der Waals surface area (Å²) in [4.78, 5) is 4.40. The maximum absolute atomic E-state index is 7.54. The second-order valence-corrected chi connectivity index (χ2v) is 5.96. The first-order valence-electron chi connectivity index (χ1n) is 6.94. The Kier molecular flexibility index (Phi) is 4.37. The third-order valence-electron chi connectivity index (χ3n) is 3.48. The van der Waals surface area contributed by atoms with Crippen molar-refractivity contribution in [1.29, 1.82) is 5.41 Å². The second kappa shape index (κ2) is 6.44. The maximum Gasteiger partial charge on any atom is 0.141 e. The number of nitrogens with two attached hydrogens (primary N) is 1. The fourth-order valence-corrected chi connectivity index (χ4v) is 2.88. The summed E-state index contributed by atoms with van der Waals surface area (Å²) in [5, 5.41) is 8.68. The Morgan fingerprint density at radius 3 is 2.74 bits per heavy atom. The van der Waals surface area contributed by atoms with Crippen molar-refractivity contribution in [2.75, 3.05) is 0 Å². The summed E-state index contributed by atoms with van der Waals surface area (Å²) >= 11 is 12.2. The number of nitrogens with one attached hydrogen (secondary N) is 1. The van der Waals surface area contributed by atoms with E-state index in [-0.39, 0.29) is 5.84 Å². The number of rotatable bonds is 4. The molecule has 0 fully saturated rings. The average Bonchev–Trinajstić information content (AvgIpc) is 2.95. The van der Waals surface area contributed by atoms with Gasteiger partial charge in [-0.2, -0.15) is 0 Å². The molecule has 2 aromatic carbocycles. The summed E-state index contributed by atoms with van der Waals surface area (Å²) in [5.41, 5.74) is 8.10. The van der Waals surface area contributed by atoms with E-state index in [2.05, 4.69) is 4.98 Å². The van der Waals surface area contributed by atoms with Crippen LogP contribution in [0.4, 0.5) is 0 Å². The third-order valence-corrected chi connectivity index (χ3v) is 4.03. The second-order valence-electron chi connectivity index (χ2n) is 5.12. The van der Waals surface area contributed by atoms with Crippen LogP contribution < -0.4 is 5.73 Å². The monoisotopic (exact) mass is 344 g/mol. The van der Waals surface area contributed by atoms with Crippen LogP contribution in [0.1, 0.15) is 11.1 Å². The Bertz CT molecular complexity index is 871. The van der Waals surface area contributed by atoms with Crippen molar-refractivity contribution in [3.05, 3.63) is 76.0 Å². The lowest BCUT2D eigenvalue weighted by molar-refractivity contribution is 0.807. The van der Waals surface area contributed by atoms with Crippen molar-refractivity contribution >= 4 is 29.0 Å². The molecule has 0 spiro atoms. The molecule has 0 aliphatic heterocycles. The minimum absolute atomic E-state index is 0.0541. The smallest absolute Gasteiger partial charge is 0.141 e. The molecule has 3 N–H and O–H groups in total. The number of nitrogens with zero attached hydrogens (tertiary/aromatic N) is 2. The van der Waals surface area contributed by atoms with E-state index in [9.17, 15) is 0 Å². The van der Waals surface area contributed by atoms with Crippen LogP contribution in [0.2, 0.25) is 10.0 Å². The molecule has 1 heterocycles. The number of hydrogen-bond acceptors (Lipinski definition) is 2. The molecule has 0 saturated heterocycles. The van der Waals surface area contributed by atoms with Crippen LogP contribution in [0.25, 0.3) is 11.4 Å². The SMILES string of the molecule is N=C(N)c1cccc(Cn2ccnc2-c2ccc(Cl)cc2Cl)c1. The summed E-state index contributed by atoms with van der Waals surface area (Å²) < 4.78 is 1.99. The number of benzene rings is 2. The molecule has 3 aromatic rings. The quantitative estimate of drug-likeness (QED) is 0.550. The van der Waals surface area contributed by atoms with Crippen LogP contribution in [-0.4, -0.2) is 15.4 Å². The molecule has 0 bridgehead atoms. The summed E-state index contributed by atoms with van der Waals surface area (Å²) in [6.07, 6.45) is 3.62. The van der Waals surface area contributed by atoms with Gasteiger partial charge in [-0.1, -0.05) is 41.4 Å². The highest BCUT2D eigenvalue weighted by atomic mass is 35.5. The summed E-state index contributed by atoms with van der Waals surface area (Å²) in [7, 11) is 0. The third kappa shape index (κ3) is 3.38. The largest absolute Gasteiger partial charge is 0.384 e. The van der Waals surface area contributed by atoms with Gasteiger partial charge in [-0.25, -0.2) is 4.98 Å². The molecule has 0 unspecified atom stereocenters. The molecule has 6 heteroatoms. The molecular formula is C17H14Cl2N4. The molecule has 23 heavy (non-hydrogen) atoms. The van der Waals surface area contributed by atoms with E-state index in [1.54, 1.807) is 18.3 Å². The van der Waals surface area contributed by atoms with Gasteiger partial charge in [-0.3, -0.25) is 5.41 Å². The van der Waals surface area contributed by atoms with Gasteiger partial charge < -0.3 is 10.3 Å². The molecule has 0 atom stereocenters. The molecule has 3 rings (SSSR count). The van der Waals surface area contributed by atoms with Gasteiger partial charge in [0.1, 0.15) is 11.7 Å². The van der Waals surface area contributed by atoms with Gasteiger partial charge in [0.05, 0.1) is 5.02 Å². The molecule has 4 nitrogen and oxygen atoms in total. The topological polar surface area (TPSA) is 67.7 Å². The molecule has 116 valence electrons. The lowest BCUT2D eigenvalue weighted by Crippen LogP contribution is -2.11. The summed E-state index contributed by atoms with van der Waals surface area (Å²) in [6.45, 7) is 0.607. The Balaban J connectivity index is 1.95. The van der Waals surface area contributed by atoms with Gasteiger partial charge in [0, 0.05) is 35.1 Å². The predicted octanol–water partition coefficient (Wildman–Crippen LogP) is 4.19. The number of imidazole rings is 1. The van der Waals surface area contributed by atoms with Crippen LogP contribution in [0.5, 0.6) is 0 Å². The van der Waals surface area contributed by atoms with Gasteiger partial charge in [0.15, 0.2) is 0 Å². The van der Waals surface area contributed by atoms with Crippen molar-refractivity contribution in [2.24, 2.45) is 5.73 Å². The number of hydrogen-bond donors (Lipinski definition) is 2. The van der Waals surface area contributed by atoms with E-state index >= 15 is 0 Å². The van der Waals surface area contributed by atoms with Crippen LogP contribution in [0, 0.1) is 5.41 Å². The summed E-state index contributed by atoms with van der Waals surface area (Å²) in [5.74, 6) is 0.818. The molecule has 0 radical (unpaired) electrons. The molecule has 0 aliphatic carbocycles. The van der Waals surface area contributed by atoms with E-state index in [0.717, 1.165) is 17.0 Å². The Morgan fingerprint density at radius 1 is 1.17 bits per heavy atom. The van der Waals surface area contributed by atoms with Crippen molar-refractivity contribution in [3.8, 4) is 11.4 Å². The first-order chi connectivity index (χ1) is 11.0. The maximum atomic E-state index is 7.54. The van der Waals surface area contributed by atoms with Crippen LogP contribution >= 0.6 is 23.2 Å². The van der Waals surface area contributed by atoms with Gasteiger partial charge in [-0.05, 0) is 29.8 Å². The molecule has 0 saturated carbocycles. The number of halogens is 2. The van der Waals surface area contributed by atoms with E-state index in [1.165, 1.54) is 0 Å². The zero-order chi connectivity index (χ0) is 16.4. The van der Waals surface area contributed by atoms with E-state index in [0.29, 0.717) is 22.2 Å². The van der Waals surface area contributed by atoms with Crippen molar-refractivity contribution in [1.82, 2.24) is 9.55 Å². The zero-order valence-electron chi connectivity index (χ0n) is 12.1. The zero-order valence-corrected chi connectivity index (χ0v) is 13.6. The Hall–Kier alpha value is -2.30. The lowest BCUT2D eigenvalue weighted by atomic mass is 10.1. The minimum Gasteiger partial charge on any atom is -0.384 e. The van der Waals surface area contributed by atoms with Gasteiger partial charge in [-0.15, -0.1) is 0 Å². The standard InChI is InChI=1S/C17H14Cl2N4/c18-13-4-5-14(15(19)9-13)17-22-6-7-23(17)10-11-2-1-3-12(8-11)16(20)21/h1-9H,10H2,(H3,20,21). The van der Waals surface area contributed by atoms with Gasteiger partial charge in [0.25, 0.3) is 0 Å². The van der Waals surface area contributed by atoms with E-state index in [1.807, 2.05) is 41.1 Å². The Labute approximate surface area is 144 Å². The highest BCUT2D eigenvalue weighted by Gasteiger charge is 2.11. The van der Waals surface area contributed by atoms with Crippen molar-refractivity contribution in [3.63, 3.8) is 0 Å². The van der Waals surface area contributed by atoms with E-state index in [4.69, 9.17) is 34.3 Å². The molecule has 1 aromatic heterocycles. The Morgan fingerprint density at radius 2 is 2.00 bits per heavy atom. The molecule has 0 amide bonds. The molecular weight excluding hydrogens is 331 g/mol. The minimum atomic E-state index is 0.0541.